The molecule has 0 radical (unpaired) electrons. The molecule has 0 saturated carbocycles. The third-order valence-electron chi connectivity index (χ3n) is 3.17. The number of fused-ring (bicyclic) bond motifs is 1. The highest BCUT2D eigenvalue weighted by atomic mass is 32.1. The first-order valence-electron chi connectivity index (χ1n) is 6.61. The number of nitrogens with one attached hydrogen (secondary N) is 1. The standard InChI is InChI=1S/C15H19N3O2S/c1-19-9-11(20-2)8-17-15-12(14(16)21)7-10-5-3-4-6-13(10)18-15/h3-7,11H,8-9H2,1-2H3,(H2,16,21)(H,17,18). The first-order valence-corrected chi connectivity index (χ1v) is 7.01. The number of rotatable bonds is 7. The van der Waals surface area contributed by atoms with Crippen LogP contribution in [0.4, 0.5) is 5.82 Å². The third-order valence-corrected chi connectivity index (χ3v) is 3.39. The predicted molar refractivity (Wildman–Crippen MR) is 88.8 cm³/mol. The number of ether oxygens (including phenoxy) is 2. The van der Waals surface area contributed by atoms with Gasteiger partial charge in [-0.25, -0.2) is 4.98 Å². The first-order chi connectivity index (χ1) is 10.2. The zero-order valence-corrected chi connectivity index (χ0v) is 12.9. The molecular formula is C15H19N3O2S. The SMILES string of the molecule is COCC(CNc1nc2ccccc2cc1C(N)=S)OC. The maximum absolute atomic E-state index is 5.80. The Morgan fingerprint density at radius 3 is 2.81 bits per heavy atom. The number of benzene rings is 1. The van der Waals surface area contributed by atoms with Crippen LogP contribution in [0.5, 0.6) is 0 Å². The van der Waals surface area contributed by atoms with Gasteiger partial charge in [-0.2, -0.15) is 0 Å². The zero-order valence-electron chi connectivity index (χ0n) is 12.1. The van der Waals surface area contributed by atoms with Crippen molar-refractivity contribution < 1.29 is 9.47 Å². The number of anilines is 1. The summed E-state index contributed by atoms with van der Waals surface area (Å²) in [5.74, 6) is 0.666. The highest BCUT2D eigenvalue weighted by molar-refractivity contribution is 7.80. The van der Waals surface area contributed by atoms with Crippen LogP contribution >= 0.6 is 12.2 Å². The Bertz CT molecular complexity index is 633. The van der Waals surface area contributed by atoms with Gasteiger partial charge in [-0.05, 0) is 12.1 Å². The largest absolute Gasteiger partial charge is 0.389 e. The van der Waals surface area contributed by atoms with Gasteiger partial charge in [0.2, 0.25) is 0 Å². The molecule has 0 bridgehead atoms. The van der Waals surface area contributed by atoms with Crippen LogP contribution in [0.25, 0.3) is 10.9 Å². The second-order valence-electron chi connectivity index (χ2n) is 4.64. The molecule has 2 aromatic rings. The Hall–Kier alpha value is -1.76. The lowest BCUT2D eigenvalue weighted by molar-refractivity contribution is 0.0365. The van der Waals surface area contributed by atoms with Gasteiger partial charge in [0, 0.05) is 26.2 Å². The molecule has 2 rings (SSSR count). The van der Waals surface area contributed by atoms with E-state index in [4.69, 9.17) is 27.4 Å². The van der Waals surface area contributed by atoms with E-state index in [1.54, 1.807) is 14.2 Å². The van der Waals surface area contributed by atoms with E-state index in [-0.39, 0.29) is 6.10 Å². The van der Waals surface area contributed by atoms with Crippen LogP contribution in [0.2, 0.25) is 0 Å². The van der Waals surface area contributed by atoms with Crippen LogP contribution in [0.1, 0.15) is 5.56 Å². The van der Waals surface area contributed by atoms with E-state index in [9.17, 15) is 0 Å². The van der Waals surface area contributed by atoms with Crippen LogP contribution < -0.4 is 11.1 Å². The number of thiocarbonyl (C=S) groups is 1. The summed E-state index contributed by atoms with van der Waals surface area (Å²) < 4.78 is 10.4. The molecule has 0 saturated heterocycles. The van der Waals surface area contributed by atoms with Gasteiger partial charge >= 0.3 is 0 Å². The van der Waals surface area contributed by atoms with Crippen molar-refractivity contribution in [3.8, 4) is 0 Å². The summed E-state index contributed by atoms with van der Waals surface area (Å²) in [4.78, 5) is 4.90. The Morgan fingerprint density at radius 2 is 2.14 bits per heavy atom. The quantitative estimate of drug-likeness (QED) is 0.762. The fourth-order valence-corrected chi connectivity index (χ4v) is 2.20. The fourth-order valence-electron chi connectivity index (χ4n) is 2.05. The summed E-state index contributed by atoms with van der Waals surface area (Å²) in [6.45, 7) is 1.06. The average molecular weight is 305 g/mol. The normalized spacial score (nSPS) is 12.3. The zero-order chi connectivity index (χ0) is 15.2. The van der Waals surface area contributed by atoms with Crippen LogP contribution in [-0.4, -0.2) is 43.4 Å². The lowest BCUT2D eigenvalue weighted by atomic mass is 10.1. The van der Waals surface area contributed by atoms with E-state index in [0.29, 0.717) is 24.0 Å². The topological polar surface area (TPSA) is 69.4 Å². The van der Waals surface area contributed by atoms with E-state index < -0.39 is 0 Å². The fraction of sp³-hybridized carbons (Fsp3) is 0.333. The molecule has 5 nitrogen and oxygen atoms in total. The maximum atomic E-state index is 5.80. The molecule has 112 valence electrons. The molecule has 1 aromatic heterocycles. The molecule has 1 heterocycles. The number of pyridine rings is 1. The van der Waals surface area contributed by atoms with Gasteiger partial charge in [0.1, 0.15) is 10.8 Å². The second-order valence-corrected chi connectivity index (χ2v) is 5.08. The molecule has 0 aliphatic heterocycles. The number of hydrogen-bond donors (Lipinski definition) is 2. The molecule has 0 aliphatic rings. The number of hydrogen-bond acceptors (Lipinski definition) is 5. The van der Waals surface area contributed by atoms with Crippen molar-refractivity contribution >= 4 is 33.9 Å². The highest BCUT2D eigenvalue weighted by Crippen LogP contribution is 2.20. The van der Waals surface area contributed by atoms with Crippen LogP contribution in [-0.2, 0) is 9.47 Å². The lowest BCUT2D eigenvalue weighted by Gasteiger charge is -2.17. The minimum atomic E-state index is -0.0672. The van der Waals surface area contributed by atoms with Crippen LogP contribution in [0, 0.1) is 0 Å². The molecule has 1 unspecified atom stereocenters. The summed E-state index contributed by atoms with van der Waals surface area (Å²) >= 11 is 5.11. The van der Waals surface area contributed by atoms with E-state index >= 15 is 0 Å². The smallest absolute Gasteiger partial charge is 0.137 e. The summed E-state index contributed by atoms with van der Waals surface area (Å²) in [7, 11) is 3.29. The van der Waals surface area contributed by atoms with E-state index in [1.165, 1.54) is 0 Å². The van der Waals surface area contributed by atoms with Crippen molar-refractivity contribution in [2.45, 2.75) is 6.10 Å². The Labute approximate surface area is 129 Å². The molecule has 1 atom stereocenters. The van der Waals surface area contributed by atoms with Gasteiger partial charge < -0.3 is 20.5 Å². The van der Waals surface area contributed by atoms with Crippen LogP contribution in [0.3, 0.4) is 0 Å². The Kier molecular flexibility index (Phi) is 5.44. The lowest BCUT2D eigenvalue weighted by Crippen LogP contribution is -2.28. The Balaban J connectivity index is 2.28. The molecule has 6 heteroatoms. The van der Waals surface area contributed by atoms with E-state index in [0.717, 1.165) is 16.5 Å². The number of nitrogens with two attached hydrogens (primary N) is 1. The van der Waals surface area contributed by atoms with Crippen molar-refractivity contribution in [2.24, 2.45) is 5.73 Å². The highest BCUT2D eigenvalue weighted by Gasteiger charge is 2.12. The average Bonchev–Trinajstić information content (AvgIpc) is 2.50. The first kappa shape index (κ1) is 15.6. The predicted octanol–water partition coefficient (Wildman–Crippen LogP) is 1.94. The van der Waals surface area contributed by atoms with Gasteiger partial charge in [0.15, 0.2) is 0 Å². The second kappa shape index (κ2) is 7.31. The van der Waals surface area contributed by atoms with Gasteiger partial charge in [-0.1, -0.05) is 30.4 Å². The van der Waals surface area contributed by atoms with Crippen molar-refractivity contribution in [3.05, 3.63) is 35.9 Å². The van der Waals surface area contributed by atoms with Gasteiger partial charge in [0.25, 0.3) is 0 Å². The summed E-state index contributed by atoms with van der Waals surface area (Å²) in [6, 6.07) is 9.79. The summed E-state index contributed by atoms with van der Waals surface area (Å²) in [5, 5.41) is 4.24. The number of nitrogens with zero attached hydrogens (tertiary/aromatic N) is 1. The minimum Gasteiger partial charge on any atom is -0.389 e. The summed E-state index contributed by atoms with van der Waals surface area (Å²) in [5.41, 5.74) is 7.42. The van der Waals surface area contributed by atoms with Gasteiger partial charge in [0.05, 0.1) is 23.8 Å². The number of methoxy groups -OCH3 is 2. The van der Waals surface area contributed by atoms with Gasteiger partial charge in [-0.3, -0.25) is 0 Å². The van der Waals surface area contributed by atoms with Crippen molar-refractivity contribution in [1.82, 2.24) is 4.98 Å². The third kappa shape index (κ3) is 3.87. The van der Waals surface area contributed by atoms with E-state index in [2.05, 4.69) is 10.3 Å². The van der Waals surface area contributed by atoms with Crippen molar-refractivity contribution in [3.63, 3.8) is 0 Å². The number of para-hydroxylation sites is 1. The maximum Gasteiger partial charge on any atom is 0.137 e. The molecule has 1 aromatic carbocycles. The van der Waals surface area contributed by atoms with Crippen molar-refractivity contribution in [1.29, 1.82) is 0 Å². The molecule has 3 N–H and O–H groups in total. The number of aromatic nitrogens is 1. The van der Waals surface area contributed by atoms with Crippen LogP contribution in [0.15, 0.2) is 30.3 Å². The molecule has 21 heavy (non-hydrogen) atoms. The summed E-state index contributed by atoms with van der Waals surface area (Å²) in [6.07, 6.45) is -0.0672. The van der Waals surface area contributed by atoms with Crippen molar-refractivity contribution in [2.75, 3.05) is 32.7 Å². The molecule has 0 spiro atoms. The molecular weight excluding hydrogens is 286 g/mol. The monoisotopic (exact) mass is 305 g/mol. The van der Waals surface area contributed by atoms with E-state index in [1.807, 2.05) is 30.3 Å². The molecule has 0 amide bonds. The molecule has 0 aliphatic carbocycles. The minimum absolute atomic E-state index is 0.0672. The van der Waals surface area contributed by atoms with Gasteiger partial charge in [-0.15, -0.1) is 0 Å². The Morgan fingerprint density at radius 1 is 1.38 bits per heavy atom. The molecule has 0 fully saturated rings.